The molecule has 0 aliphatic heterocycles. The Balaban J connectivity index is 1.42. The van der Waals surface area contributed by atoms with Crippen molar-refractivity contribution in [1.29, 1.82) is 0 Å². The molecule has 3 N–H and O–H groups in total. The van der Waals surface area contributed by atoms with E-state index < -0.39 is 12.1 Å². The molecule has 4 rings (SSSR count). The van der Waals surface area contributed by atoms with Crippen LogP contribution >= 0.6 is 11.3 Å². The first kappa shape index (κ1) is 18.4. The lowest BCUT2D eigenvalue weighted by atomic mass is 9.87. The third-order valence-electron chi connectivity index (χ3n) is 4.98. The Hall–Kier alpha value is -2.93. The number of benzene rings is 2. The van der Waals surface area contributed by atoms with Gasteiger partial charge in [0.25, 0.3) is 5.91 Å². The summed E-state index contributed by atoms with van der Waals surface area (Å²) in [4.78, 5) is 29.2. The number of nitrogens with two attached hydrogens (primary N) is 1. The van der Waals surface area contributed by atoms with Crippen molar-refractivity contribution in [1.82, 2.24) is 10.3 Å². The van der Waals surface area contributed by atoms with E-state index >= 15 is 0 Å². The maximum absolute atomic E-state index is 12.6. The number of hydrogen-bond acceptors (Lipinski definition) is 6. The molecule has 0 radical (unpaired) electrons. The van der Waals surface area contributed by atoms with Crippen molar-refractivity contribution in [3.05, 3.63) is 59.2 Å². The van der Waals surface area contributed by atoms with Crippen molar-refractivity contribution >= 4 is 38.6 Å². The van der Waals surface area contributed by atoms with E-state index in [1.807, 2.05) is 18.2 Å². The van der Waals surface area contributed by atoms with Gasteiger partial charge in [-0.2, -0.15) is 0 Å². The van der Waals surface area contributed by atoms with Crippen LogP contribution in [0.5, 0.6) is 0 Å². The van der Waals surface area contributed by atoms with Crippen LogP contribution < -0.4 is 11.1 Å². The monoisotopic (exact) mass is 395 g/mol. The molecule has 1 aliphatic carbocycles. The Kier molecular flexibility index (Phi) is 5.00. The zero-order chi connectivity index (χ0) is 19.7. The molecule has 2 aromatic carbocycles. The van der Waals surface area contributed by atoms with Gasteiger partial charge >= 0.3 is 5.97 Å². The number of anilines is 1. The molecule has 2 unspecified atom stereocenters. The lowest BCUT2D eigenvalue weighted by molar-refractivity contribution is -0.130. The number of aromatic nitrogens is 1. The lowest BCUT2D eigenvalue weighted by Gasteiger charge is -2.27. The average Bonchev–Trinajstić information content (AvgIpc) is 3.07. The molecule has 6 nitrogen and oxygen atoms in total. The van der Waals surface area contributed by atoms with E-state index in [-0.39, 0.29) is 11.9 Å². The summed E-state index contributed by atoms with van der Waals surface area (Å²) in [6.07, 6.45) is 2.04. The molecule has 28 heavy (non-hydrogen) atoms. The number of esters is 1. The molecule has 0 saturated heterocycles. The van der Waals surface area contributed by atoms with E-state index in [0.29, 0.717) is 10.7 Å². The lowest BCUT2D eigenvalue weighted by Crippen LogP contribution is -2.39. The Morgan fingerprint density at radius 2 is 2.11 bits per heavy atom. The van der Waals surface area contributed by atoms with E-state index in [9.17, 15) is 9.59 Å². The van der Waals surface area contributed by atoms with Gasteiger partial charge in [0.15, 0.2) is 11.2 Å². The molecule has 144 valence electrons. The van der Waals surface area contributed by atoms with Gasteiger partial charge in [0.1, 0.15) is 0 Å². The number of thiazole rings is 1. The molecule has 0 fully saturated rings. The fourth-order valence-electron chi connectivity index (χ4n) is 3.54. The average molecular weight is 395 g/mol. The zero-order valence-corrected chi connectivity index (χ0v) is 16.3. The highest BCUT2D eigenvalue weighted by Crippen LogP contribution is 2.29. The van der Waals surface area contributed by atoms with E-state index in [4.69, 9.17) is 10.5 Å². The van der Waals surface area contributed by atoms with Crippen molar-refractivity contribution in [2.45, 2.75) is 38.3 Å². The van der Waals surface area contributed by atoms with Crippen LogP contribution in [-0.4, -0.2) is 23.0 Å². The molecule has 2 atom stereocenters. The third-order valence-corrected chi connectivity index (χ3v) is 5.83. The van der Waals surface area contributed by atoms with Crippen LogP contribution in [0, 0.1) is 0 Å². The summed E-state index contributed by atoms with van der Waals surface area (Å²) in [5.74, 6) is -0.835. The second-order valence-corrected chi connectivity index (χ2v) is 8.00. The number of ether oxygens (including phenoxy) is 1. The van der Waals surface area contributed by atoms with Gasteiger partial charge in [-0.15, -0.1) is 0 Å². The first-order chi connectivity index (χ1) is 13.5. The van der Waals surface area contributed by atoms with Gasteiger partial charge in [0.05, 0.1) is 21.8 Å². The third kappa shape index (κ3) is 3.71. The highest BCUT2D eigenvalue weighted by atomic mass is 32.1. The number of carbonyl (C=O) groups excluding carboxylic acids is 2. The Bertz CT molecular complexity index is 1050. The van der Waals surface area contributed by atoms with Gasteiger partial charge < -0.3 is 15.8 Å². The first-order valence-corrected chi connectivity index (χ1v) is 10.1. The standard InChI is InChI=1S/C21H21N3O3S/c1-12(19(25)23-16-8-4-6-13-5-2-3-7-15(13)16)27-20(26)14-9-10-17-18(11-14)28-21(22)24-17/h2-3,5,7,9-12,16H,4,6,8H2,1H3,(H2,22,24)(H,23,25). The SMILES string of the molecule is CC(OC(=O)c1ccc2nc(N)sc2c1)C(=O)NC1CCCc2ccccc21. The zero-order valence-electron chi connectivity index (χ0n) is 15.5. The van der Waals surface area contributed by atoms with Crippen LogP contribution in [0.1, 0.15) is 47.3 Å². The van der Waals surface area contributed by atoms with Crippen molar-refractivity contribution in [2.24, 2.45) is 0 Å². The van der Waals surface area contributed by atoms with Gasteiger partial charge in [-0.05, 0) is 55.5 Å². The largest absolute Gasteiger partial charge is 0.449 e. The van der Waals surface area contributed by atoms with E-state index in [1.165, 1.54) is 16.9 Å². The van der Waals surface area contributed by atoms with Crippen LogP contribution in [0.2, 0.25) is 0 Å². The van der Waals surface area contributed by atoms with Gasteiger partial charge in [-0.3, -0.25) is 4.79 Å². The summed E-state index contributed by atoms with van der Waals surface area (Å²) in [5.41, 5.74) is 9.22. The molecule has 0 bridgehead atoms. The van der Waals surface area contributed by atoms with Crippen LogP contribution in [0.25, 0.3) is 10.2 Å². The van der Waals surface area contributed by atoms with Crippen LogP contribution in [0.3, 0.4) is 0 Å². The molecular formula is C21H21N3O3S. The Labute approximate surface area is 166 Å². The molecule has 0 saturated carbocycles. The Morgan fingerprint density at radius 1 is 1.29 bits per heavy atom. The van der Waals surface area contributed by atoms with Crippen molar-refractivity contribution in [2.75, 3.05) is 5.73 Å². The van der Waals surface area contributed by atoms with Crippen molar-refractivity contribution < 1.29 is 14.3 Å². The number of nitrogen functional groups attached to an aromatic ring is 1. The van der Waals surface area contributed by atoms with Crippen LogP contribution in [-0.2, 0) is 16.0 Å². The summed E-state index contributed by atoms with van der Waals surface area (Å²) in [6.45, 7) is 1.59. The molecule has 7 heteroatoms. The first-order valence-electron chi connectivity index (χ1n) is 9.26. The van der Waals surface area contributed by atoms with E-state index in [0.717, 1.165) is 35.0 Å². The second-order valence-electron chi connectivity index (χ2n) is 6.93. The molecule has 1 amide bonds. The number of nitrogens with zero attached hydrogens (tertiary/aromatic N) is 1. The molecule has 1 heterocycles. The number of carbonyl (C=O) groups is 2. The molecule has 0 spiro atoms. The number of rotatable bonds is 4. The minimum atomic E-state index is -0.885. The molecule has 3 aromatic rings. The second kappa shape index (κ2) is 7.59. The summed E-state index contributed by atoms with van der Waals surface area (Å²) in [6, 6.07) is 13.1. The van der Waals surface area contributed by atoms with Gasteiger partial charge in [-0.25, -0.2) is 9.78 Å². The normalized spacial score (nSPS) is 17.0. The van der Waals surface area contributed by atoms with Crippen LogP contribution in [0.15, 0.2) is 42.5 Å². The highest BCUT2D eigenvalue weighted by molar-refractivity contribution is 7.22. The quantitative estimate of drug-likeness (QED) is 0.658. The number of nitrogens with one attached hydrogen (secondary N) is 1. The van der Waals surface area contributed by atoms with Gasteiger partial charge in [-0.1, -0.05) is 35.6 Å². The molecular weight excluding hydrogens is 374 g/mol. The summed E-state index contributed by atoms with van der Waals surface area (Å²) in [5, 5.41) is 3.47. The summed E-state index contributed by atoms with van der Waals surface area (Å²) >= 11 is 1.31. The maximum Gasteiger partial charge on any atom is 0.338 e. The summed E-state index contributed by atoms with van der Waals surface area (Å²) in [7, 11) is 0. The number of amides is 1. The molecule has 1 aromatic heterocycles. The fraction of sp³-hybridized carbons (Fsp3) is 0.286. The minimum absolute atomic E-state index is 0.0462. The number of fused-ring (bicyclic) bond motifs is 2. The smallest absolute Gasteiger partial charge is 0.338 e. The van der Waals surface area contributed by atoms with E-state index in [2.05, 4.69) is 16.4 Å². The number of hydrogen-bond donors (Lipinski definition) is 2. The predicted octanol–water partition coefficient (Wildman–Crippen LogP) is 3.62. The highest BCUT2D eigenvalue weighted by Gasteiger charge is 2.25. The fourth-order valence-corrected chi connectivity index (χ4v) is 4.32. The van der Waals surface area contributed by atoms with Crippen molar-refractivity contribution in [3.63, 3.8) is 0 Å². The number of aryl methyl sites for hydroxylation is 1. The van der Waals surface area contributed by atoms with Crippen LogP contribution in [0.4, 0.5) is 5.13 Å². The van der Waals surface area contributed by atoms with Crippen molar-refractivity contribution in [3.8, 4) is 0 Å². The summed E-state index contributed by atoms with van der Waals surface area (Å²) < 4.78 is 6.19. The van der Waals surface area contributed by atoms with E-state index in [1.54, 1.807) is 25.1 Å². The topological polar surface area (TPSA) is 94.3 Å². The van der Waals surface area contributed by atoms with Gasteiger partial charge in [0.2, 0.25) is 0 Å². The molecule has 1 aliphatic rings. The predicted molar refractivity (Wildman–Crippen MR) is 109 cm³/mol. The minimum Gasteiger partial charge on any atom is -0.449 e. The van der Waals surface area contributed by atoms with Gasteiger partial charge in [0, 0.05) is 0 Å². The maximum atomic E-state index is 12.6. The Morgan fingerprint density at radius 3 is 2.96 bits per heavy atom.